The molecule has 0 aromatic carbocycles. The standard InChI is InChI=1S/C14H21N3O3/c1-9-10(7-16-17(9)13(2,3)4)11(18)15-8-14(5-6-14)12(19)20/h7H,5-6,8H2,1-4H3,(H,15,18)(H,19,20). The first-order chi connectivity index (χ1) is 9.17. The summed E-state index contributed by atoms with van der Waals surface area (Å²) in [5.41, 5.74) is 0.349. The molecule has 20 heavy (non-hydrogen) atoms. The third kappa shape index (κ3) is 2.55. The van der Waals surface area contributed by atoms with Crippen molar-refractivity contribution < 1.29 is 14.7 Å². The number of rotatable bonds is 4. The van der Waals surface area contributed by atoms with E-state index in [0.717, 1.165) is 5.69 Å². The highest BCUT2D eigenvalue weighted by Gasteiger charge is 2.50. The van der Waals surface area contributed by atoms with Crippen LogP contribution >= 0.6 is 0 Å². The Morgan fingerprint density at radius 3 is 2.45 bits per heavy atom. The molecule has 0 saturated heterocycles. The molecule has 6 nitrogen and oxygen atoms in total. The maximum absolute atomic E-state index is 12.1. The van der Waals surface area contributed by atoms with E-state index < -0.39 is 11.4 Å². The van der Waals surface area contributed by atoms with Crippen LogP contribution in [-0.4, -0.2) is 33.3 Å². The molecule has 1 aromatic rings. The van der Waals surface area contributed by atoms with E-state index in [9.17, 15) is 9.59 Å². The van der Waals surface area contributed by atoms with Crippen LogP contribution in [-0.2, 0) is 10.3 Å². The van der Waals surface area contributed by atoms with Gasteiger partial charge in [0.1, 0.15) is 0 Å². The van der Waals surface area contributed by atoms with E-state index in [2.05, 4.69) is 10.4 Å². The van der Waals surface area contributed by atoms with Crippen LogP contribution in [0.4, 0.5) is 0 Å². The predicted molar refractivity (Wildman–Crippen MR) is 73.6 cm³/mol. The zero-order valence-electron chi connectivity index (χ0n) is 12.4. The summed E-state index contributed by atoms with van der Waals surface area (Å²) in [5, 5.41) is 16.0. The van der Waals surface area contributed by atoms with Crippen molar-refractivity contribution in [1.29, 1.82) is 0 Å². The minimum Gasteiger partial charge on any atom is -0.481 e. The molecule has 2 N–H and O–H groups in total. The van der Waals surface area contributed by atoms with Crippen LogP contribution in [0.3, 0.4) is 0 Å². The van der Waals surface area contributed by atoms with Crippen molar-refractivity contribution in [3.8, 4) is 0 Å². The predicted octanol–water partition coefficient (Wildman–Crippen LogP) is 1.54. The molecule has 1 aromatic heterocycles. The van der Waals surface area contributed by atoms with Gasteiger partial charge < -0.3 is 10.4 Å². The molecule has 0 aliphatic heterocycles. The molecular weight excluding hydrogens is 258 g/mol. The van der Waals surface area contributed by atoms with E-state index in [1.807, 2.05) is 27.7 Å². The van der Waals surface area contributed by atoms with Crippen LogP contribution in [0.2, 0.25) is 0 Å². The second-order valence-corrected chi connectivity index (χ2v) is 6.49. The van der Waals surface area contributed by atoms with E-state index in [0.29, 0.717) is 18.4 Å². The van der Waals surface area contributed by atoms with E-state index in [1.54, 1.807) is 4.68 Å². The molecule has 110 valence electrons. The van der Waals surface area contributed by atoms with Gasteiger partial charge in [0.2, 0.25) is 0 Å². The van der Waals surface area contributed by atoms with Gasteiger partial charge in [-0.05, 0) is 40.5 Å². The number of hydrogen-bond donors (Lipinski definition) is 2. The fraction of sp³-hybridized carbons (Fsp3) is 0.643. The zero-order valence-corrected chi connectivity index (χ0v) is 12.4. The first-order valence-corrected chi connectivity index (χ1v) is 6.74. The number of amides is 1. The van der Waals surface area contributed by atoms with Crippen LogP contribution in [0.15, 0.2) is 6.20 Å². The van der Waals surface area contributed by atoms with E-state index in [-0.39, 0.29) is 18.0 Å². The summed E-state index contributed by atoms with van der Waals surface area (Å²) in [4.78, 5) is 23.2. The average Bonchev–Trinajstić information content (AvgIpc) is 3.02. The minimum absolute atomic E-state index is 0.182. The van der Waals surface area contributed by atoms with Crippen molar-refractivity contribution in [1.82, 2.24) is 15.1 Å². The Balaban J connectivity index is 2.07. The molecule has 0 spiro atoms. The molecule has 1 aliphatic rings. The van der Waals surface area contributed by atoms with Crippen molar-refractivity contribution in [2.75, 3.05) is 6.54 Å². The lowest BCUT2D eigenvalue weighted by molar-refractivity contribution is -0.143. The third-order valence-corrected chi connectivity index (χ3v) is 3.78. The fourth-order valence-corrected chi connectivity index (χ4v) is 2.27. The normalized spacial score (nSPS) is 16.8. The quantitative estimate of drug-likeness (QED) is 0.875. The lowest BCUT2D eigenvalue weighted by Crippen LogP contribution is -2.34. The summed E-state index contributed by atoms with van der Waals surface area (Å²) < 4.78 is 1.80. The summed E-state index contributed by atoms with van der Waals surface area (Å²) in [6.45, 7) is 8.06. The summed E-state index contributed by atoms with van der Waals surface area (Å²) in [6.07, 6.45) is 2.79. The Hall–Kier alpha value is -1.85. The molecular formula is C14H21N3O3. The second-order valence-electron chi connectivity index (χ2n) is 6.49. The Kier molecular flexibility index (Phi) is 3.36. The first kappa shape index (κ1) is 14.6. The van der Waals surface area contributed by atoms with Gasteiger partial charge >= 0.3 is 5.97 Å². The van der Waals surface area contributed by atoms with E-state index in [1.165, 1.54) is 6.20 Å². The van der Waals surface area contributed by atoms with E-state index in [4.69, 9.17) is 5.11 Å². The summed E-state index contributed by atoms with van der Waals surface area (Å²) in [6, 6.07) is 0. The number of hydrogen-bond acceptors (Lipinski definition) is 3. The number of carbonyl (C=O) groups is 2. The molecule has 0 unspecified atom stereocenters. The Morgan fingerprint density at radius 2 is 2.05 bits per heavy atom. The van der Waals surface area contributed by atoms with Gasteiger partial charge in [-0.15, -0.1) is 0 Å². The molecule has 0 atom stereocenters. The van der Waals surface area contributed by atoms with Crippen LogP contribution < -0.4 is 5.32 Å². The second kappa shape index (κ2) is 4.61. The molecule has 6 heteroatoms. The van der Waals surface area contributed by atoms with Gasteiger partial charge in [-0.1, -0.05) is 0 Å². The van der Waals surface area contributed by atoms with Gasteiger partial charge in [0, 0.05) is 12.2 Å². The number of aromatic nitrogens is 2. The molecule has 1 heterocycles. The lowest BCUT2D eigenvalue weighted by atomic mass is 10.1. The Morgan fingerprint density at radius 1 is 1.45 bits per heavy atom. The summed E-state index contributed by atoms with van der Waals surface area (Å²) in [7, 11) is 0. The molecule has 0 radical (unpaired) electrons. The number of aliphatic carboxylic acids is 1. The van der Waals surface area contributed by atoms with Gasteiger partial charge in [0.05, 0.1) is 22.7 Å². The van der Waals surface area contributed by atoms with E-state index >= 15 is 0 Å². The minimum atomic E-state index is -0.833. The lowest BCUT2D eigenvalue weighted by Gasteiger charge is -2.21. The zero-order chi connectivity index (χ0) is 15.1. The molecule has 1 aliphatic carbocycles. The van der Waals surface area contributed by atoms with Gasteiger partial charge in [-0.25, -0.2) is 0 Å². The highest BCUT2D eigenvalue weighted by atomic mass is 16.4. The fourth-order valence-electron chi connectivity index (χ4n) is 2.27. The summed E-state index contributed by atoms with van der Waals surface area (Å²) >= 11 is 0. The first-order valence-electron chi connectivity index (χ1n) is 6.74. The summed E-state index contributed by atoms with van der Waals surface area (Å²) in [5.74, 6) is -1.09. The Labute approximate surface area is 118 Å². The average molecular weight is 279 g/mol. The van der Waals surface area contributed by atoms with Crippen molar-refractivity contribution >= 4 is 11.9 Å². The van der Waals surface area contributed by atoms with Gasteiger partial charge in [0.15, 0.2) is 0 Å². The topological polar surface area (TPSA) is 84.2 Å². The third-order valence-electron chi connectivity index (χ3n) is 3.78. The van der Waals surface area contributed by atoms with Crippen molar-refractivity contribution in [3.05, 3.63) is 17.5 Å². The molecule has 1 fully saturated rings. The van der Waals surface area contributed by atoms with Gasteiger partial charge in [0.25, 0.3) is 5.91 Å². The number of nitrogens with one attached hydrogen (secondary N) is 1. The van der Waals surface area contributed by atoms with Gasteiger partial charge in [-0.2, -0.15) is 5.10 Å². The number of carboxylic acids is 1. The van der Waals surface area contributed by atoms with Crippen LogP contribution in [0.1, 0.15) is 49.7 Å². The largest absolute Gasteiger partial charge is 0.481 e. The van der Waals surface area contributed by atoms with Crippen LogP contribution in [0, 0.1) is 12.3 Å². The maximum atomic E-state index is 12.1. The molecule has 2 rings (SSSR count). The Bertz CT molecular complexity index is 551. The highest BCUT2D eigenvalue weighted by Crippen LogP contribution is 2.45. The molecule has 1 saturated carbocycles. The molecule has 1 amide bonds. The number of carboxylic acid groups (broad SMARTS) is 1. The smallest absolute Gasteiger partial charge is 0.311 e. The van der Waals surface area contributed by atoms with Gasteiger partial charge in [-0.3, -0.25) is 14.3 Å². The highest BCUT2D eigenvalue weighted by molar-refractivity contribution is 5.95. The van der Waals surface area contributed by atoms with Crippen molar-refractivity contribution in [2.24, 2.45) is 5.41 Å². The molecule has 0 bridgehead atoms. The van der Waals surface area contributed by atoms with Crippen molar-refractivity contribution in [3.63, 3.8) is 0 Å². The SMILES string of the molecule is Cc1c(C(=O)NCC2(C(=O)O)CC2)cnn1C(C)(C)C. The number of nitrogens with zero attached hydrogens (tertiary/aromatic N) is 2. The van der Waals surface area contributed by atoms with Crippen molar-refractivity contribution in [2.45, 2.75) is 46.1 Å². The number of carbonyl (C=O) groups excluding carboxylic acids is 1. The van der Waals surface area contributed by atoms with Crippen LogP contribution in [0.25, 0.3) is 0 Å². The monoisotopic (exact) mass is 279 g/mol. The van der Waals surface area contributed by atoms with Crippen LogP contribution in [0.5, 0.6) is 0 Å². The maximum Gasteiger partial charge on any atom is 0.311 e.